The molecule has 0 bridgehead atoms. The van der Waals surface area contributed by atoms with Crippen molar-refractivity contribution in [3.05, 3.63) is 83.9 Å². The van der Waals surface area contributed by atoms with E-state index in [1.807, 2.05) is 24.3 Å². The molecule has 2 fully saturated rings. The molecule has 2 aromatic carbocycles. The molecular formula is C31H34N6O3. The van der Waals surface area contributed by atoms with Crippen molar-refractivity contribution in [1.82, 2.24) is 15.1 Å². The molecule has 1 aromatic heterocycles. The van der Waals surface area contributed by atoms with Crippen LogP contribution in [0.4, 0.5) is 17.1 Å². The lowest BCUT2D eigenvalue weighted by Crippen LogP contribution is -2.49. The molecule has 2 aliphatic heterocycles. The molecular weight excluding hydrogens is 504 g/mol. The molecule has 3 N–H and O–H groups in total. The summed E-state index contributed by atoms with van der Waals surface area (Å²) in [5.74, 6) is 0.211. The van der Waals surface area contributed by atoms with Gasteiger partial charge in [-0.25, -0.2) is 0 Å². The lowest BCUT2D eigenvalue weighted by Gasteiger charge is -2.33. The van der Waals surface area contributed by atoms with Crippen LogP contribution in [-0.2, 0) is 23.0 Å². The monoisotopic (exact) mass is 538 g/mol. The van der Waals surface area contributed by atoms with Gasteiger partial charge in [-0.3, -0.25) is 14.3 Å². The first kappa shape index (κ1) is 24.9. The average Bonchev–Trinajstić information content (AvgIpc) is 3.29. The first-order valence-electron chi connectivity index (χ1n) is 14.1. The Bertz CT molecular complexity index is 1500. The molecule has 1 saturated carbocycles. The molecule has 206 valence electrons. The SMILES string of the molecule is C=C1Nc2cc(NC(=O)[C@@H](NC(=O)c3ccnn3C)C3c4ccccc4CC34CC4)ccc2N1C1CCOCC1. The molecule has 40 heavy (non-hydrogen) atoms. The van der Waals surface area contributed by atoms with Gasteiger partial charge in [0.25, 0.3) is 5.91 Å². The van der Waals surface area contributed by atoms with Crippen molar-refractivity contribution in [1.29, 1.82) is 0 Å². The number of ether oxygens (including phenoxy) is 1. The van der Waals surface area contributed by atoms with Gasteiger partial charge in [0.15, 0.2) is 0 Å². The molecule has 7 rings (SSSR count). The number of nitrogens with zero attached hydrogens (tertiary/aromatic N) is 3. The van der Waals surface area contributed by atoms with Crippen molar-refractivity contribution < 1.29 is 14.3 Å². The van der Waals surface area contributed by atoms with Gasteiger partial charge in [0.05, 0.1) is 11.4 Å². The second-order valence-corrected chi connectivity index (χ2v) is 11.5. The number of nitrogens with one attached hydrogen (secondary N) is 3. The van der Waals surface area contributed by atoms with Gasteiger partial charge in [-0.05, 0) is 72.9 Å². The number of aromatic nitrogens is 2. The Hall–Kier alpha value is -4.11. The third-order valence-corrected chi connectivity index (χ3v) is 9.09. The highest BCUT2D eigenvalue weighted by Gasteiger charge is 2.58. The van der Waals surface area contributed by atoms with E-state index in [2.05, 4.69) is 50.7 Å². The normalized spacial score (nSPS) is 21.5. The van der Waals surface area contributed by atoms with E-state index in [-0.39, 0.29) is 23.1 Å². The van der Waals surface area contributed by atoms with E-state index in [0.717, 1.165) is 68.1 Å². The maximum absolute atomic E-state index is 14.1. The topological polar surface area (TPSA) is 101 Å². The van der Waals surface area contributed by atoms with Crippen molar-refractivity contribution in [2.24, 2.45) is 12.5 Å². The number of amides is 2. The van der Waals surface area contributed by atoms with Gasteiger partial charge in [0.1, 0.15) is 17.6 Å². The fourth-order valence-corrected chi connectivity index (χ4v) is 6.98. The third kappa shape index (κ3) is 4.16. The van der Waals surface area contributed by atoms with Crippen molar-refractivity contribution in [3.63, 3.8) is 0 Å². The van der Waals surface area contributed by atoms with Gasteiger partial charge in [-0.15, -0.1) is 0 Å². The summed E-state index contributed by atoms with van der Waals surface area (Å²) in [5.41, 5.74) is 5.49. The zero-order valence-electron chi connectivity index (χ0n) is 22.7. The number of hydrogen-bond donors (Lipinski definition) is 3. The van der Waals surface area contributed by atoms with Gasteiger partial charge in [0, 0.05) is 44.1 Å². The Balaban J connectivity index is 1.18. The fourth-order valence-electron chi connectivity index (χ4n) is 6.98. The van der Waals surface area contributed by atoms with Gasteiger partial charge >= 0.3 is 0 Å². The Morgan fingerprint density at radius 3 is 2.70 bits per heavy atom. The highest BCUT2D eigenvalue weighted by atomic mass is 16.5. The number of aryl methyl sites for hydroxylation is 1. The van der Waals surface area contributed by atoms with E-state index >= 15 is 0 Å². The van der Waals surface area contributed by atoms with E-state index in [0.29, 0.717) is 17.4 Å². The van der Waals surface area contributed by atoms with Crippen LogP contribution in [0.2, 0.25) is 0 Å². The lowest BCUT2D eigenvalue weighted by molar-refractivity contribution is -0.118. The van der Waals surface area contributed by atoms with E-state index in [1.54, 1.807) is 19.3 Å². The molecule has 1 unspecified atom stereocenters. The summed E-state index contributed by atoms with van der Waals surface area (Å²) in [6.07, 6.45) is 6.51. The predicted octanol–water partition coefficient (Wildman–Crippen LogP) is 4.16. The van der Waals surface area contributed by atoms with Crippen LogP contribution in [-0.4, -0.2) is 46.9 Å². The van der Waals surface area contributed by atoms with Crippen molar-refractivity contribution in [2.75, 3.05) is 28.7 Å². The molecule has 3 heterocycles. The van der Waals surface area contributed by atoms with Crippen LogP contribution in [0.1, 0.15) is 53.2 Å². The number of rotatable bonds is 6. The number of carbonyl (C=O) groups excluding carboxylic acids is 2. The average molecular weight is 539 g/mol. The van der Waals surface area contributed by atoms with Gasteiger partial charge in [-0.2, -0.15) is 5.10 Å². The van der Waals surface area contributed by atoms with E-state index < -0.39 is 6.04 Å². The van der Waals surface area contributed by atoms with Crippen molar-refractivity contribution in [3.8, 4) is 0 Å². The second-order valence-electron chi connectivity index (χ2n) is 11.5. The summed E-state index contributed by atoms with van der Waals surface area (Å²) in [6, 6.07) is 15.5. The molecule has 1 saturated heterocycles. The van der Waals surface area contributed by atoms with Crippen LogP contribution in [0.25, 0.3) is 0 Å². The molecule has 9 nitrogen and oxygen atoms in total. The Kier molecular flexibility index (Phi) is 5.92. The number of fused-ring (bicyclic) bond motifs is 2. The molecule has 3 aromatic rings. The highest BCUT2D eigenvalue weighted by molar-refractivity contribution is 6.02. The molecule has 2 atom stereocenters. The molecule has 1 spiro atoms. The van der Waals surface area contributed by atoms with Gasteiger partial charge in [-0.1, -0.05) is 30.8 Å². The van der Waals surface area contributed by atoms with Crippen LogP contribution < -0.4 is 20.9 Å². The number of carbonyl (C=O) groups is 2. The number of hydrogen-bond acceptors (Lipinski definition) is 6. The molecule has 9 heteroatoms. The first-order valence-corrected chi connectivity index (χ1v) is 14.1. The Labute approximate surface area is 233 Å². The lowest BCUT2D eigenvalue weighted by atomic mass is 9.82. The maximum Gasteiger partial charge on any atom is 0.270 e. The van der Waals surface area contributed by atoms with Crippen LogP contribution in [0.3, 0.4) is 0 Å². The van der Waals surface area contributed by atoms with E-state index in [1.165, 1.54) is 10.2 Å². The molecule has 2 amide bonds. The summed E-state index contributed by atoms with van der Waals surface area (Å²) in [6.45, 7) is 5.73. The zero-order valence-corrected chi connectivity index (χ0v) is 22.7. The summed E-state index contributed by atoms with van der Waals surface area (Å²) < 4.78 is 7.08. The summed E-state index contributed by atoms with van der Waals surface area (Å²) >= 11 is 0. The largest absolute Gasteiger partial charge is 0.381 e. The molecule has 4 aliphatic rings. The minimum absolute atomic E-state index is 0.00682. The fraction of sp³-hybridized carbons (Fsp3) is 0.387. The maximum atomic E-state index is 14.1. The number of benzene rings is 2. The summed E-state index contributed by atoms with van der Waals surface area (Å²) in [4.78, 5) is 29.7. The van der Waals surface area contributed by atoms with Crippen molar-refractivity contribution >= 4 is 28.9 Å². The standard InChI is InChI=1S/C31H34N6O3/c1-19-33-24-17-21(7-8-25(24)37(19)22-10-15-40-16-11-22)34-30(39)28(35-29(38)26-9-14-32-36(26)2)27-23-6-4-3-5-20(23)18-31(27)12-13-31/h3-9,14,17,22,27-28,33H,1,10-13,15-16,18H2,2H3,(H,34,39)(H,35,38)/t27?,28-/m0/s1. The summed E-state index contributed by atoms with van der Waals surface area (Å²) in [5, 5.41) is 13.8. The van der Waals surface area contributed by atoms with E-state index in [4.69, 9.17) is 4.74 Å². The third-order valence-electron chi connectivity index (χ3n) is 9.09. The predicted molar refractivity (Wildman–Crippen MR) is 153 cm³/mol. The van der Waals surface area contributed by atoms with Crippen LogP contribution >= 0.6 is 0 Å². The minimum atomic E-state index is -0.733. The van der Waals surface area contributed by atoms with Gasteiger partial charge in [0.2, 0.25) is 5.91 Å². The first-order chi connectivity index (χ1) is 19.4. The minimum Gasteiger partial charge on any atom is -0.381 e. The van der Waals surface area contributed by atoms with Crippen LogP contribution in [0.5, 0.6) is 0 Å². The highest BCUT2D eigenvalue weighted by Crippen LogP contribution is 2.64. The number of anilines is 3. The Morgan fingerprint density at radius 2 is 1.95 bits per heavy atom. The Morgan fingerprint density at radius 1 is 1.15 bits per heavy atom. The molecule has 0 radical (unpaired) electrons. The molecule has 2 aliphatic carbocycles. The van der Waals surface area contributed by atoms with Crippen LogP contribution in [0.15, 0.2) is 67.1 Å². The van der Waals surface area contributed by atoms with Gasteiger partial charge < -0.3 is 25.6 Å². The zero-order chi connectivity index (χ0) is 27.4. The quantitative estimate of drug-likeness (QED) is 0.436. The van der Waals surface area contributed by atoms with E-state index in [9.17, 15) is 9.59 Å². The van der Waals surface area contributed by atoms with Crippen LogP contribution in [0, 0.1) is 5.41 Å². The van der Waals surface area contributed by atoms with Crippen molar-refractivity contribution in [2.45, 2.75) is 50.1 Å². The second kappa shape index (κ2) is 9.52. The smallest absolute Gasteiger partial charge is 0.270 e. The summed E-state index contributed by atoms with van der Waals surface area (Å²) in [7, 11) is 1.73.